The summed E-state index contributed by atoms with van der Waals surface area (Å²) in [6.45, 7) is 2.19. The van der Waals surface area contributed by atoms with Gasteiger partial charge in [-0.15, -0.1) is 12.3 Å². The third-order valence-electron chi connectivity index (χ3n) is 3.61. The summed E-state index contributed by atoms with van der Waals surface area (Å²) < 4.78 is 2.36. The zero-order chi connectivity index (χ0) is 11.5. The molecule has 1 aliphatic rings. The fourth-order valence-electron chi connectivity index (χ4n) is 2.67. The van der Waals surface area contributed by atoms with Gasteiger partial charge in [-0.05, 0) is 37.3 Å². The Balaban J connectivity index is 2.32. The molecule has 0 bridgehead atoms. The van der Waals surface area contributed by atoms with Gasteiger partial charge in [0.05, 0.1) is 0 Å². The summed E-state index contributed by atoms with van der Waals surface area (Å²) in [5, 5.41) is 0. The summed E-state index contributed by atoms with van der Waals surface area (Å²) in [5.41, 5.74) is 8.87. The molecule has 0 aliphatic heterocycles. The second kappa shape index (κ2) is 4.76. The van der Waals surface area contributed by atoms with Crippen LogP contribution in [0.3, 0.4) is 0 Å². The van der Waals surface area contributed by atoms with Crippen LogP contribution in [0, 0.1) is 12.3 Å². The van der Waals surface area contributed by atoms with Crippen molar-refractivity contribution in [3.63, 3.8) is 0 Å². The van der Waals surface area contributed by atoms with Crippen LogP contribution in [0.15, 0.2) is 12.3 Å². The van der Waals surface area contributed by atoms with E-state index in [-0.39, 0.29) is 6.04 Å². The van der Waals surface area contributed by atoms with Gasteiger partial charge in [-0.1, -0.05) is 6.92 Å². The summed E-state index contributed by atoms with van der Waals surface area (Å²) in [4.78, 5) is 0. The van der Waals surface area contributed by atoms with Gasteiger partial charge >= 0.3 is 0 Å². The van der Waals surface area contributed by atoms with Crippen molar-refractivity contribution in [2.75, 3.05) is 0 Å². The first-order valence-corrected chi connectivity index (χ1v) is 6.16. The first-order valence-electron chi connectivity index (χ1n) is 6.16. The maximum absolute atomic E-state index is 6.12. The molecule has 2 atom stereocenters. The number of terminal acetylenes is 1. The molecule has 1 heterocycles. The molecule has 16 heavy (non-hydrogen) atoms. The molecule has 2 unspecified atom stereocenters. The largest absolute Gasteiger partial charge is 0.347 e. The van der Waals surface area contributed by atoms with E-state index in [9.17, 15) is 0 Å². The Labute approximate surface area is 97.8 Å². The molecule has 1 aliphatic carbocycles. The molecule has 2 rings (SSSR count). The van der Waals surface area contributed by atoms with Gasteiger partial charge in [-0.25, -0.2) is 0 Å². The van der Waals surface area contributed by atoms with E-state index in [1.54, 1.807) is 0 Å². The summed E-state index contributed by atoms with van der Waals surface area (Å²) in [7, 11) is 0. The first-order chi connectivity index (χ1) is 7.77. The monoisotopic (exact) mass is 216 g/mol. The normalized spacial score (nSPS) is 21.2. The highest BCUT2D eigenvalue weighted by atomic mass is 15.0. The zero-order valence-electron chi connectivity index (χ0n) is 9.95. The van der Waals surface area contributed by atoms with Crippen molar-refractivity contribution in [1.82, 2.24) is 4.57 Å². The van der Waals surface area contributed by atoms with E-state index < -0.39 is 0 Å². The summed E-state index contributed by atoms with van der Waals surface area (Å²) in [5.74, 6) is 2.77. The summed E-state index contributed by atoms with van der Waals surface area (Å²) >= 11 is 0. The minimum absolute atomic E-state index is 0.230. The van der Waals surface area contributed by atoms with Gasteiger partial charge in [0.15, 0.2) is 0 Å². The molecule has 0 fully saturated rings. The average Bonchev–Trinajstić information content (AvgIpc) is 2.71. The Morgan fingerprint density at radius 3 is 3.19 bits per heavy atom. The maximum Gasteiger partial charge on any atom is 0.0440 e. The second-order valence-electron chi connectivity index (χ2n) is 4.59. The van der Waals surface area contributed by atoms with Gasteiger partial charge in [0, 0.05) is 30.4 Å². The van der Waals surface area contributed by atoms with Crippen molar-refractivity contribution in [3.05, 3.63) is 23.5 Å². The molecule has 0 saturated carbocycles. The number of rotatable bonds is 3. The highest BCUT2D eigenvalue weighted by molar-refractivity contribution is 5.29. The molecule has 0 aromatic carbocycles. The Hall–Kier alpha value is -1.20. The summed E-state index contributed by atoms with van der Waals surface area (Å²) in [6, 6.07) is 2.85. The highest BCUT2D eigenvalue weighted by Crippen LogP contribution is 2.31. The predicted octanol–water partition coefficient (Wildman–Crippen LogP) is 2.80. The molecule has 2 heteroatoms. The quantitative estimate of drug-likeness (QED) is 0.774. The van der Waals surface area contributed by atoms with Crippen molar-refractivity contribution in [2.24, 2.45) is 5.73 Å². The van der Waals surface area contributed by atoms with Gasteiger partial charge in [0.25, 0.3) is 0 Å². The average molecular weight is 216 g/mol. The Morgan fingerprint density at radius 2 is 2.50 bits per heavy atom. The van der Waals surface area contributed by atoms with Gasteiger partial charge < -0.3 is 10.3 Å². The van der Waals surface area contributed by atoms with Crippen molar-refractivity contribution in [2.45, 2.75) is 51.1 Å². The van der Waals surface area contributed by atoms with Gasteiger partial charge in [0.2, 0.25) is 0 Å². The van der Waals surface area contributed by atoms with E-state index in [0.717, 1.165) is 25.7 Å². The van der Waals surface area contributed by atoms with Crippen LogP contribution in [0.25, 0.3) is 0 Å². The van der Waals surface area contributed by atoms with Crippen LogP contribution in [0.2, 0.25) is 0 Å². The van der Waals surface area contributed by atoms with Crippen molar-refractivity contribution < 1.29 is 0 Å². The van der Waals surface area contributed by atoms with E-state index in [0.29, 0.717) is 6.04 Å². The van der Waals surface area contributed by atoms with Crippen LogP contribution >= 0.6 is 0 Å². The van der Waals surface area contributed by atoms with Crippen molar-refractivity contribution in [3.8, 4) is 12.3 Å². The molecular weight excluding hydrogens is 196 g/mol. The molecule has 0 amide bonds. The number of nitrogens with zero attached hydrogens (tertiary/aromatic N) is 1. The van der Waals surface area contributed by atoms with Crippen LogP contribution in [0.4, 0.5) is 0 Å². The van der Waals surface area contributed by atoms with Crippen molar-refractivity contribution in [1.29, 1.82) is 0 Å². The Kier molecular flexibility index (Phi) is 3.36. The second-order valence-corrected chi connectivity index (χ2v) is 4.59. The van der Waals surface area contributed by atoms with Crippen molar-refractivity contribution >= 4 is 0 Å². The van der Waals surface area contributed by atoms with Crippen LogP contribution < -0.4 is 5.73 Å². The molecule has 2 nitrogen and oxygen atoms in total. The lowest BCUT2D eigenvalue weighted by atomic mass is 9.93. The Bertz CT molecular complexity index is 397. The number of nitrogens with two attached hydrogens (primary N) is 1. The molecule has 0 saturated heterocycles. The molecule has 0 radical (unpaired) electrons. The minimum Gasteiger partial charge on any atom is -0.347 e. The number of fused-ring (bicyclic) bond motifs is 1. The van der Waals surface area contributed by atoms with Crippen LogP contribution in [-0.2, 0) is 6.42 Å². The first kappa shape index (κ1) is 11.3. The smallest absolute Gasteiger partial charge is 0.0440 e. The topological polar surface area (TPSA) is 30.9 Å². The van der Waals surface area contributed by atoms with Crippen LogP contribution in [0.5, 0.6) is 0 Å². The van der Waals surface area contributed by atoms with Crippen LogP contribution in [-0.4, -0.2) is 4.57 Å². The third-order valence-corrected chi connectivity index (χ3v) is 3.61. The van der Waals surface area contributed by atoms with Crippen LogP contribution in [0.1, 0.15) is 55.9 Å². The maximum atomic E-state index is 6.12. The lowest BCUT2D eigenvalue weighted by Gasteiger charge is -2.24. The molecule has 1 aromatic heterocycles. The molecule has 2 N–H and O–H groups in total. The zero-order valence-corrected chi connectivity index (χ0v) is 9.95. The fraction of sp³-hybridized carbons (Fsp3) is 0.571. The lowest BCUT2D eigenvalue weighted by molar-refractivity contribution is 0.461. The molecule has 1 aromatic rings. The SMILES string of the molecule is C#CCC(CC)n1ccc2c1CCCC2N. The van der Waals surface area contributed by atoms with Gasteiger partial charge in [0.1, 0.15) is 0 Å². The number of aromatic nitrogens is 1. The predicted molar refractivity (Wildman–Crippen MR) is 67.1 cm³/mol. The fourth-order valence-corrected chi connectivity index (χ4v) is 2.67. The standard InChI is InChI=1S/C14H20N2/c1-3-6-11(4-2)16-10-9-12-13(15)7-5-8-14(12)16/h1,9-11,13H,4-8,15H2,2H3. The minimum atomic E-state index is 0.230. The van der Waals surface area contributed by atoms with Gasteiger partial charge in [-0.2, -0.15) is 0 Å². The highest BCUT2D eigenvalue weighted by Gasteiger charge is 2.22. The number of hydrogen-bond donors (Lipinski definition) is 1. The third kappa shape index (κ3) is 1.88. The molecule has 86 valence electrons. The lowest BCUT2D eigenvalue weighted by Crippen LogP contribution is -2.19. The molecule has 0 spiro atoms. The van der Waals surface area contributed by atoms with E-state index in [4.69, 9.17) is 12.2 Å². The van der Waals surface area contributed by atoms with E-state index >= 15 is 0 Å². The molecular formula is C14H20N2. The van der Waals surface area contributed by atoms with E-state index in [1.807, 2.05) is 0 Å². The Morgan fingerprint density at radius 1 is 1.69 bits per heavy atom. The van der Waals surface area contributed by atoms with E-state index in [1.165, 1.54) is 17.7 Å². The summed E-state index contributed by atoms with van der Waals surface area (Å²) in [6.07, 6.45) is 13.0. The number of hydrogen-bond acceptors (Lipinski definition) is 1. The van der Waals surface area contributed by atoms with Gasteiger partial charge in [-0.3, -0.25) is 0 Å². The van der Waals surface area contributed by atoms with E-state index in [2.05, 4.69) is 29.7 Å².